The first-order chi connectivity index (χ1) is 11.2. The smallest absolute Gasteiger partial charge is 0.104 e. The summed E-state index contributed by atoms with van der Waals surface area (Å²) in [7, 11) is 0. The minimum absolute atomic E-state index is 1.28. The molecule has 140 valence electrons. The normalized spacial score (nSPS) is 12.0. The van der Waals surface area contributed by atoms with Gasteiger partial charge in [0.2, 0.25) is 0 Å². The highest BCUT2D eigenvalue weighted by Gasteiger charge is 2.18. The minimum Gasteiger partial charge on any atom is -0.104 e. The summed E-state index contributed by atoms with van der Waals surface area (Å²) in [6.07, 6.45) is 16.4. The van der Waals surface area contributed by atoms with Gasteiger partial charge in [-0.25, -0.2) is 0 Å². The molecule has 0 nitrogen and oxygen atoms in total. The maximum absolute atomic E-state index is 6.14. The molecule has 0 unspecified atom stereocenters. The van der Waals surface area contributed by atoms with E-state index in [4.69, 9.17) is 11.8 Å². The van der Waals surface area contributed by atoms with Crippen LogP contribution in [0.15, 0.2) is 0 Å². The number of unbranched alkanes of at least 4 members (excludes halogenated alkanes) is 9. The Balaban J connectivity index is 4.03. The summed E-state index contributed by atoms with van der Waals surface area (Å²) < 4.78 is -1.28. The third-order valence-electron chi connectivity index (χ3n) is 3.74. The Morgan fingerprint density at radius 2 is 0.826 bits per heavy atom. The van der Waals surface area contributed by atoms with Crippen LogP contribution in [-0.2, 0) is 11.8 Å². The highest BCUT2D eigenvalue weighted by Crippen LogP contribution is 2.78. The zero-order chi connectivity index (χ0) is 17.2. The maximum Gasteiger partial charge on any atom is 0.109 e. The number of hydrogen-bond acceptors (Lipinski definition) is 4. The molecule has 0 aliphatic rings. The van der Waals surface area contributed by atoms with Crippen LogP contribution in [0.25, 0.3) is 0 Å². The van der Waals surface area contributed by atoms with Crippen molar-refractivity contribution in [2.24, 2.45) is 0 Å². The Labute approximate surface area is 164 Å². The van der Waals surface area contributed by atoms with E-state index in [2.05, 4.69) is 54.9 Å². The molecule has 5 heteroatoms. The topological polar surface area (TPSA) is 0 Å². The summed E-state index contributed by atoms with van der Waals surface area (Å²) >= 11 is 12.6. The fourth-order valence-electron chi connectivity index (χ4n) is 2.23. The van der Waals surface area contributed by atoms with E-state index in [-0.39, 0.29) is 0 Å². The van der Waals surface area contributed by atoms with Gasteiger partial charge in [-0.15, -0.1) is 34.1 Å². The van der Waals surface area contributed by atoms with Crippen molar-refractivity contribution in [2.75, 3.05) is 17.3 Å². The van der Waals surface area contributed by atoms with Crippen molar-refractivity contribution < 1.29 is 0 Å². The Hall–Kier alpha value is 1.70. The third kappa shape index (κ3) is 16.9. The van der Waals surface area contributed by atoms with Gasteiger partial charge >= 0.3 is 0 Å². The lowest BCUT2D eigenvalue weighted by Crippen LogP contribution is -1.84. The minimum atomic E-state index is -1.28. The molecule has 0 atom stereocenters. The predicted molar refractivity (Wildman–Crippen MR) is 124 cm³/mol. The van der Waals surface area contributed by atoms with Crippen molar-refractivity contribution in [3.05, 3.63) is 0 Å². The van der Waals surface area contributed by atoms with Crippen molar-refractivity contribution in [3.8, 4) is 0 Å². The molecule has 0 aromatic heterocycles. The van der Waals surface area contributed by atoms with Crippen LogP contribution in [0.2, 0.25) is 0 Å². The van der Waals surface area contributed by atoms with E-state index in [9.17, 15) is 0 Å². The fraction of sp³-hybridized carbons (Fsp3) is 1.00. The molecule has 0 aliphatic heterocycles. The lowest BCUT2D eigenvalue weighted by molar-refractivity contribution is 0.707. The highest BCUT2D eigenvalue weighted by molar-refractivity contribution is 9.23. The first-order valence-corrected chi connectivity index (χ1v) is 17.3. The predicted octanol–water partition coefficient (Wildman–Crippen LogP) is 9.15. The van der Waals surface area contributed by atoms with Gasteiger partial charge in [0.05, 0.1) is 0 Å². The van der Waals surface area contributed by atoms with Gasteiger partial charge in [-0.05, 0) is 36.5 Å². The fourth-order valence-corrected chi connectivity index (χ4v) is 16.0. The molecule has 0 saturated carbocycles. The van der Waals surface area contributed by atoms with E-state index in [1.807, 2.05) is 0 Å². The second kappa shape index (κ2) is 18.5. The van der Waals surface area contributed by atoms with Crippen LogP contribution >= 0.6 is 37.8 Å². The first-order valence-electron chi connectivity index (χ1n) is 9.72. The van der Waals surface area contributed by atoms with Crippen LogP contribution < -0.4 is 0 Å². The summed E-state index contributed by atoms with van der Waals surface area (Å²) in [6.45, 7) is 6.86. The van der Waals surface area contributed by atoms with Gasteiger partial charge in [-0.1, -0.05) is 90.4 Å². The van der Waals surface area contributed by atoms with Crippen molar-refractivity contribution in [3.63, 3.8) is 0 Å². The van der Waals surface area contributed by atoms with Gasteiger partial charge in [0.1, 0.15) is 3.64 Å². The summed E-state index contributed by atoms with van der Waals surface area (Å²) in [4.78, 5) is 0. The number of rotatable bonds is 18. The average Bonchev–Trinajstić information content (AvgIpc) is 2.54. The lowest BCUT2D eigenvalue weighted by Gasteiger charge is -2.20. The molecule has 0 spiro atoms. The van der Waals surface area contributed by atoms with Crippen LogP contribution in [0, 0.1) is 0 Å². The SMILES string of the molecule is CCCCCCSP(=S)(SCCCCCC)SCCCCCC. The monoisotopic (exact) mass is 414 g/mol. The molecular weight excluding hydrogens is 375 g/mol. The third-order valence-corrected chi connectivity index (χ3v) is 19.1. The summed E-state index contributed by atoms with van der Waals surface area (Å²) in [5, 5.41) is 0. The van der Waals surface area contributed by atoms with Gasteiger partial charge in [0, 0.05) is 0 Å². The molecule has 0 aromatic carbocycles. The lowest BCUT2D eigenvalue weighted by atomic mass is 10.2. The molecule has 0 rings (SSSR count). The Morgan fingerprint density at radius 1 is 0.522 bits per heavy atom. The largest absolute Gasteiger partial charge is 0.109 e. The van der Waals surface area contributed by atoms with Gasteiger partial charge in [0.25, 0.3) is 0 Å². The number of hydrogen-bond donors (Lipinski definition) is 0. The van der Waals surface area contributed by atoms with Crippen LogP contribution in [0.5, 0.6) is 0 Å². The van der Waals surface area contributed by atoms with E-state index >= 15 is 0 Å². The van der Waals surface area contributed by atoms with Gasteiger partial charge in [0.15, 0.2) is 0 Å². The second-order valence-electron chi connectivity index (χ2n) is 6.13. The zero-order valence-corrected chi connectivity index (χ0v) is 19.8. The average molecular weight is 415 g/mol. The molecule has 0 aliphatic carbocycles. The summed E-state index contributed by atoms with van der Waals surface area (Å²) in [6, 6.07) is 0. The van der Waals surface area contributed by atoms with Crippen LogP contribution in [0.1, 0.15) is 97.8 Å². The van der Waals surface area contributed by atoms with Gasteiger partial charge in [-0.2, -0.15) is 0 Å². The van der Waals surface area contributed by atoms with Crippen molar-refractivity contribution in [2.45, 2.75) is 97.8 Å². The molecule has 23 heavy (non-hydrogen) atoms. The van der Waals surface area contributed by atoms with Crippen LogP contribution in [0.4, 0.5) is 0 Å². The standard InChI is InChI=1S/C18H39PS4/c1-4-7-10-13-16-21-19(20,22-17-14-11-8-5-2)23-18-15-12-9-6-3/h4-18H2,1-3H3. The molecule has 0 saturated heterocycles. The van der Waals surface area contributed by atoms with Gasteiger partial charge < -0.3 is 0 Å². The van der Waals surface area contributed by atoms with Crippen LogP contribution in [0.3, 0.4) is 0 Å². The Morgan fingerprint density at radius 3 is 1.09 bits per heavy atom. The van der Waals surface area contributed by atoms with Gasteiger partial charge in [-0.3, -0.25) is 0 Å². The molecule has 0 heterocycles. The van der Waals surface area contributed by atoms with Crippen molar-refractivity contribution >= 4 is 49.6 Å². The quantitative estimate of drug-likeness (QED) is 0.162. The van der Waals surface area contributed by atoms with E-state index in [0.717, 1.165) is 0 Å². The van der Waals surface area contributed by atoms with E-state index in [0.29, 0.717) is 0 Å². The molecule has 0 N–H and O–H groups in total. The highest BCUT2D eigenvalue weighted by atomic mass is 33.5. The maximum atomic E-state index is 6.14. The molecule has 0 aromatic rings. The Bertz CT molecular complexity index is 241. The Kier molecular flexibility index (Phi) is 19.9. The van der Waals surface area contributed by atoms with Crippen LogP contribution in [-0.4, -0.2) is 17.3 Å². The summed E-state index contributed by atoms with van der Waals surface area (Å²) in [5.41, 5.74) is 0. The molecule has 0 amide bonds. The van der Waals surface area contributed by atoms with E-state index in [1.54, 1.807) is 0 Å². The van der Waals surface area contributed by atoms with E-state index < -0.39 is 3.64 Å². The van der Waals surface area contributed by atoms with Crippen molar-refractivity contribution in [1.82, 2.24) is 0 Å². The second-order valence-corrected chi connectivity index (χ2v) is 22.1. The molecule has 0 bridgehead atoms. The molecule has 0 fully saturated rings. The molecule has 0 radical (unpaired) electrons. The van der Waals surface area contributed by atoms with Crippen molar-refractivity contribution in [1.29, 1.82) is 0 Å². The molecular formula is C18H39PS4. The zero-order valence-electron chi connectivity index (χ0n) is 15.7. The first kappa shape index (κ1) is 24.7. The van der Waals surface area contributed by atoms with E-state index in [1.165, 1.54) is 94.3 Å². The summed E-state index contributed by atoms with van der Waals surface area (Å²) in [5.74, 6) is 3.88.